The largest absolute Gasteiger partial charge is 0.301 e. The van der Waals surface area contributed by atoms with Crippen LogP contribution in [0.15, 0.2) is 188 Å². The molecule has 0 amide bonds. The third-order valence-corrected chi connectivity index (χ3v) is 35.7. The van der Waals surface area contributed by atoms with Gasteiger partial charge in [0.2, 0.25) is 5.92 Å². The summed E-state index contributed by atoms with van der Waals surface area (Å²) < 4.78 is 64.3. The number of aryl methyl sites for hydroxylation is 1. The van der Waals surface area contributed by atoms with Crippen LogP contribution >= 0.6 is 0 Å². The van der Waals surface area contributed by atoms with E-state index in [1.807, 2.05) is 27.7 Å². The van der Waals surface area contributed by atoms with E-state index < -0.39 is 17.5 Å². The molecule has 0 N–H and O–H groups in total. The first kappa shape index (κ1) is 119. The Morgan fingerprint density at radius 3 is 1.03 bits per heavy atom. The van der Waals surface area contributed by atoms with Crippen molar-refractivity contribution >= 4 is 0 Å². The molecule has 3 spiro atoms. The molecule has 8 saturated heterocycles. The molecule has 2 bridgehead atoms. The van der Waals surface area contributed by atoms with Gasteiger partial charge in [-0.3, -0.25) is 34.3 Å². The van der Waals surface area contributed by atoms with E-state index in [0.717, 1.165) is 132 Å². The predicted molar refractivity (Wildman–Crippen MR) is 608 cm³/mol. The number of nitrogens with zero attached hydrogens (tertiary/aromatic N) is 10. The molecule has 11 heterocycles. The molecule has 15 aliphatic rings. The highest BCUT2D eigenvalue weighted by atomic mass is 19.3. The van der Waals surface area contributed by atoms with E-state index >= 15 is 0 Å². The Hall–Kier alpha value is -6.21. The van der Waals surface area contributed by atoms with E-state index in [-0.39, 0.29) is 24.2 Å². The molecule has 3 unspecified atom stereocenters. The highest BCUT2D eigenvalue weighted by molar-refractivity contribution is 5.41. The minimum Gasteiger partial charge on any atom is -0.301 e. The van der Waals surface area contributed by atoms with E-state index in [1.54, 1.807) is 23.6 Å². The molecule has 4 saturated carbocycles. The average molecular weight is 2000 g/mol. The summed E-state index contributed by atoms with van der Waals surface area (Å²) in [6.07, 6.45) is 17.4. The van der Waals surface area contributed by atoms with Crippen molar-refractivity contribution in [3.05, 3.63) is 249 Å². The van der Waals surface area contributed by atoms with Crippen molar-refractivity contribution in [1.82, 2.24) is 49.0 Å². The van der Waals surface area contributed by atoms with Crippen LogP contribution in [0.4, 0.5) is 22.0 Å². The van der Waals surface area contributed by atoms with Crippen molar-refractivity contribution in [3.63, 3.8) is 0 Å². The van der Waals surface area contributed by atoms with Gasteiger partial charge >= 0.3 is 0 Å². The van der Waals surface area contributed by atoms with Crippen molar-refractivity contribution in [2.45, 2.75) is 442 Å². The Balaban J connectivity index is 0.000000152. The van der Waals surface area contributed by atoms with Gasteiger partial charge in [-0.2, -0.15) is 0 Å². The smallest absolute Gasteiger partial charge is 0.250 e. The topological polar surface area (TPSA) is 32.4 Å². The van der Waals surface area contributed by atoms with Gasteiger partial charge < -0.3 is 14.7 Å². The molecule has 0 aromatic heterocycles. The van der Waals surface area contributed by atoms with Crippen molar-refractivity contribution in [3.8, 4) is 0 Å². The van der Waals surface area contributed by atoms with Crippen molar-refractivity contribution in [2.75, 3.05) is 91.6 Å². The fourth-order valence-corrected chi connectivity index (χ4v) is 25.6. The average Bonchev–Trinajstić information content (AvgIpc) is 1.71. The molecular formula is C130H203F5N10. The highest BCUT2D eigenvalue weighted by Gasteiger charge is 2.60. The minimum atomic E-state index is -2.45. The van der Waals surface area contributed by atoms with Crippen molar-refractivity contribution in [1.29, 1.82) is 0 Å². The number of alkyl halides is 5. The van der Waals surface area contributed by atoms with Crippen LogP contribution in [-0.2, 0) is 37.0 Å². The van der Waals surface area contributed by atoms with Crippen molar-refractivity contribution in [2.24, 2.45) is 34.0 Å². The van der Waals surface area contributed by atoms with Gasteiger partial charge in [0.05, 0.1) is 0 Å². The number of hydrogen-bond acceptors (Lipinski definition) is 10. The lowest BCUT2D eigenvalue weighted by molar-refractivity contribution is -0.178. The second-order valence-corrected chi connectivity index (χ2v) is 51.0. The molecule has 808 valence electrons. The first-order chi connectivity index (χ1) is 68.5. The second kappa shape index (κ2) is 52.9. The Morgan fingerprint density at radius 1 is 0.324 bits per heavy atom. The fraction of sp³-hybridized carbons (Fsp3) is 0.677. The van der Waals surface area contributed by atoms with Crippen LogP contribution in [0.5, 0.6) is 0 Å². The quantitative estimate of drug-likeness (QED) is 0.0873. The summed E-state index contributed by atoms with van der Waals surface area (Å²) in [5.41, 5.74) is 18.1. The van der Waals surface area contributed by atoms with E-state index in [9.17, 15) is 22.0 Å². The second-order valence-electron chi connectivity index (χ2n) is 51.0. The Labute approximate surface area is 882 Å². The molecule has 7 aromatic rings. The zero-order valence-electron chi connectivity index (χ0n) is 96.6. The summed E-state index contributed by atoms with van der Waals surface area (Å²) >= 11 is 0. The van der Waals surface area contributed by atoms with Gasteiger partial charge in [-0.15, -0.1) is 0 Å². The van der Waals surface area contributed by atoms with E-state index in [4.69, 9.17) is 0 Å². The molecular weight excluding hydrogens is 1800 g/mol. The number of benzene rings is 7. The molecule has 5 atom stereocenters. The maximum absolute atomic E-state index is 13.2. The van der Waals surface area contributed by atoms with E-state index in [2.05, 4.69) is 396 Å². The monoisotopic (exact) mass is 2000 g/mol. The van der Waals surface area contributed by atoms with Crippen LogP contribution in [-0.4, -0.2) is 219 Å². The first-order valence-corrected chi connectivity index (χ1v) is 57.8. The van der Waals surface area contributed by atoms with Crippen LogP contribution < -0.4 is 0 Å². The van der Waals surface area contributed by atoms with Crippen LogP contribution in [0.1, 0.15) is 382 Å². The maximum Gasteiger partial charge on any atom is 0.250 e. The molecule has 7 aromatic carbocycles. The molecule has 22 rings (SSSR count). The number of piperidine rings is 2. The summed E-state index contributed by atoms with van der Waals surface area (Å²) in [7, 11) is 0. The van der Waals surface area contributed by atoms with Gasteiger partial charge in [-0.25, -0.2) is 22.0 Å². The molecule has 4 aliphatic carbocycles. The minimum absolute atomic E-state index is 0.0329. The SMILES string of the molecule is CC.CC(C)C1CC[C@@H](c2ccccc2)C1.CC(C)N1C2CCC1c1ccccc12.CC(C)N1CC(C)(c2ccccc2)C1.CC(C)N1CC(C)(c2ccccc2)C1.CC(C)N1CC2(C1)CC(C)(F)C2.CC(C)N1CC2(CC(C(C)(F)F)C2)C1.CC(C)N1CCC(F)(F)CC1.CC(C)N1CCC2(CC1)CC2.CC(C)N1CC[C@H](c2ccccc2)C1.CC(C)N1Cc2ccccc2C1.Cc1ccc2c(c1)CN(C(C)C)C2. The summed E-state index contributed by atoms with van der Waals surface area (Å²) in [5.74, 6) is -1.78. The molecule has 10 nitrogen and oxygen atoms in total. The van der Waals surface area contributed by atoms with Gasteiger partial charge in [0.15, 0.2) is 0 Å². The summed E-state index contributed by atoms with van der Waals surface area (Å²) in [4.78, 5) is 24.8. The predicted octanol–water partition coefficient (Wildman–Crippen LogP) is 31.3. The number of hydrogen-bond donors (Lipinski definition) is 0. The lowest BCUT2D eigenvalue weighted by Crippen LogP contribution is -2.67. The summed E-state index contributed by atoms with van der Waals surface area (Å²) in [5, 5.41) is 0. The van der Waals surface area contributed by atoms with Crippen LogP contribution in [0.3, 0.4) is 0 Å². The standard InChI is InChI=1S/C14H20.C13H17N.3C13H19N.C12H17N.C11H19F2N.C11H15N.C10H18FN.C10H19N.C8H15F2N.C2H6/c1-11(2)13-8-9-14(10-13)12-6-4-3-5-7-12;1-9(2)14-12-7-8-13(14)11-6-4-3-5-10(11)12;2*1-11(2)14-9-13(3,10-14)12-7-5-4-6-8-12;1-11(2)14-9-8-13(10-14)12-6-4-3-5-7-12;1-9(2)13-7-11-5-4-10(3)6-12(11)8-13;1-8(2)14-6-11(7-14)4-9(5-11)10(3,12)13;1-9(2)12-7-10-5-3-4-6-11(10)8-12;1-8(2)12-6-10(7-12)4-9(3,11)5-10;1-9(2)11-7-5-10(3-4-10)6-8-11;1-7(2)11-5-3-8(9,10)4-6-11;1-2/h3-7,11,13-14H,8-10H2,1-2H3;3-6,9,12-13H,7-8H2,1-2H3;2*4-8,11H,9-10H2,1-3H3;3-7,11,13H,8-10H2,1-2H3;4-6,9H,7-8H2,1-3H3;8-9H,4-7H2,1-3H3;3-6,9H,7-8H2,1-2H3;8H,4-7H2,1-3H3;9H,3-8H2,1-2H3;7H,3-6H2,1-2H3;1-2H3/t13?,14-;;;;13-;;;;;;;/m1...0......./s1. The third-order valence-electron chi connectivity index (χ3n) is 35.7. The molecule has 12 fully saturated rings. The number of likely N-dealkylation sites (tertiary alicyclic amines) is 7. The Bertz CT molecular complexity index is 4660. The zero-order chi connectivity index (χ0) is 106. The number of rotatable bonds is 16. The zero-order valence-corrected chi connectivity index (χ0v) is 96.6. The maximum atomic E-state index is 13.2. The number of halogens is 5. The summed E-state index contributed by atoms with van der Waals surface area (Å²) in [6.45, 7) is 83.2. The molecule has 15 heteroatoms. The van der Waals surface area contributed by atoms with Gasteiger partial charge in [-0.05, 0) is 359 Å². The van der Waals surface area contributed by atoms with E-state index in [1.165, 1.54) is 161 Å². The lowest BCUT2D eigenvalue weighted by Gasteiger charge is -2.61. The van der Waals surface area contributed by atoms with Gasteiger partial charge in [0.25, 0.3) is 5.92 Å². The third kappa shape index (κ3) is 33.2. The van der Waals surface area contributed by atoms with E-state index in [0.29, 0.717) is 83.7 Å². The Kier molecular flexibility index (Phi) is 43.4. The Morgan fingerprint density at radius 2 is 0.676 bits per heavy atom. The first-order valence-electron chi connectivity index (χ1n) is 57.8. The van der Waals surface area contributed by atoms with Crippen LogP contribution in [0.25, 0.3) is 0 Å². The van der Waals surface area contributed by atoms with Gasteiger partial charge in [0.1, 0.15) is 5.67 Å². The molecule has 11 aliphatic heterocycles. The molecule has 0 radical (unpaired) electrons. The fourth-order valence-electron chi connectivity index (χ4n) is 25.6. The van der Waals surface area contributed by atoms with Crippen LogP contribution in [0, 0.1) is 40.9 Å². The van der Waals surface area contributed by atoms with Crippen molar-refractivity contribution < 1.29 is 22.0 Å². The molecule has 145 heavy (non-hydrogen) atoms. The summed E-state index contributed by atoms with van der Waals surface area (Å²) in [6, 6.07) is 76.0. The number of fused-ring (bicyclic) bond motifs is 7. The van der Waals surface area contributed by atoms with Gasteiger partial charge in [0, 0.05) is 206 Å². The highest BCUT2D eigenvalue weighted by Crippen LogP contribution is 2.59. The van der Waals surface area contributed by atoms with Gasteiger partial charge in [-0.1, -0.05) is 235 Å². The van der Waals surface area contributed by atoms with Crippen LogP contribution in [0.2, 0.25) is 0 Å². The normalized spacial score (nSPS) is 24.2. The lowest BCUT2D eigenvalue weighted by atomic mass is 9.56.